The van der Waals surface area contributed by atoms with Gasteiger partial charge in [0.25, 0.3) is 0 Å². The van der Waals surface area contributed by atoms with Gasteiger partial charge in [0.15, 0.2) is 0 Å². The highest BCUT2D eigenvalue weighted by molar-refractivity contribution is 5.76. The molecule has 0 bridgehead atoms. The Balaban J connectivity index is 1.77. The fourth-order valence-corrected chi connectivity index (χ4v) is 2.97. The number of hydrogen-bond acceptors (Lipinski definition) is 3. The summed E-state index contributed by atoms with van der Waals surface area (Å²) >= 11 is 0. The lowest BCUT2D eigenvalue weighted by atomic mass is 9.76. The number of hydrogen-bond donors (Lipinski definition) is 1. The van der Waals surface area contributed by atoms with Gasteiger partial charge in [-0.1, -0.05) is 26.7 Å². The van der Waals surface area contributed by atoms with Crippen LogP contribution in [0.1, 0.15) is 65.2 Å². The molecule has 0 amide bonds. The number of rotatable bonds is 2. The molecule has 2 aliphatic rings. The van der Waals surface area contributed by atoms with Gasteiger partial charge in [0.2, 0.25) is 0 Å². The van der Waals surface area contributed by atoms with E-state index in [1.807, 2.05) is 0 Å². The van der Waals surface area contributed by atoms with E-state index in [4.69, 9.17) is 4.74 Å². The SMILES string of the molecule is CC1(C)CCC(OC(=O)C2CCCCCN2)CC1. The van der Waals surface area contributed by atoms with Crippen LogP contribution in [0, 0.1) is 5.41 Å². The minimum atomic E-state index is -0.0533. The Morgan fingerprint density at radius 3 is 2.56 bits per heavy atom. The highest BCUT2D eigenvalue weighted by atomic mass is 16.5. The smallest absolute Gasteiger partial charge is 0.323 e. The lowest BCUT2D eigenvalue weighted by molar-refractivity contribution is -0.154. The van der Waals surface area contributed by atoms with Crippen LogP contribution in [0.25, 0.3) is 0 Å². The lowest BCUT2D eigenvalue weighted by Gasteiger charge is -2.34. The summed E-state index contributed by atoms with van der Waals surface area (Å²) in [5.41, 5.74) is 0.434. The second-order valence-electron chi connectivity index (χ2n) is 6.66. The van der Waals surface area contributed by atoms with Gasteiger partial charge >= 0.3 is 5.97 Å². The fourth-order valence-electron chi connectivity index (χ4n) is 2.97. The van der Waals surface area contributed by atoms with Crippen LogP contribution in [0.5, 0.6) is 0 Å². The van der Waals surface area contributed by atoms with Gasteiger partial charge in [-0.2, -0.15) is 0 Å². The molecule has 3 nitrogen and oxygen atoms in total. The quantitative estimate of drug-likeness (QED) is 0.769. The second kappa shape index (κ2) is 6.05. The molecule has 1 atom stereocenters. The predicted octanol–water partition coefficient (Wildman–Crippen LogP) is 3.03. The Bertz CT molecular complexity index is 270. The summed E-state index contributed by atoms with van der Waals surface area (Å²) in [6, 6.07) is -0.0533. The van der Waals surface area contributed by atoms with Gasteiger partial charge in [0.05, 0.1) is 0 Å². The topological polar surface area (TPSA) is 38.3 Å². The molecule has 0 spiro atoms. The largest absolute Gasteiger partial charge is 0.461 e. The number of ether oxygens (including phenoxy) is 1. The van der Waals surface area contributed by atoms with Crippen molar-refractivity contribution < 1.29 is 9.53 Å². The first-order valence-corrected chi connectivity index (χ1v) is 7.51. The summed E-state index contributed by atoms with van der Waals surface area (Å²) in [6.45, 7) is 5.56. The maximum absolute atomic E-state index is 12.1. The number of carbonyl (C=O) groups excluding carboxylic acids is 1. The molecule has 1 aliphatic carbocycles. The van der Waals surface area contributed by atoms with E-state index >= 15 is 0 Å². The third-order valence-corrected chi connectivity index (χ3v) is 4.41. The Kier molecular flexibility index (Phi) is 4.66. The van der Waals surface area contributed by atoms with Crippen LogP contribution in [0.4, 0.5) is 0 Å². The maximum Gasteiger partial charge on any atom is 0.323 e. The molecule has 1 heterocycles. The summed E-state index contributed by atoms with van der Waals surface area (Å²) in [5, 5.41) is 3.31. The van der Waals surface area contributed by atoms with Crippen molar-refractivity contribution in [2.45, 2.75) is 77.4 Å². The van der Waals surface area contributed by atoms with Crippen molar-refractivity contribution in [3.63, 3.8) is 0 Å². The van der Waals surface area contributed by atoms with E-state index in [1.165, 1.54) is 25.7 Å². The zero-order chi connectivity index (χ0) is 13.0. The van der Waals surface area contributed by atoms with Gasteiger partial charge in [-0.25, -0.2) is 0 Å². The average Bonchev–Trinajstić information content (AvgIpc) is 2.60. The van der Waals surface area contributed by atoms with Crippen molar-refractivity contribution in [2.75, 3.05) is 6.54 Å². The molecular formula is C15H27NO2. The Hall–Kier alpha value is -0.570. The van der Waals surface area contributed by atoms with E-state index in [2.05, 4.69) is 19.2 Å². The molecule has 3 heteroatoms. The fraction of sp³-hybridized carbons (Fsp3) is 0.933. The van der Waals surface area contributed by atoms with E-state index in [-0.39, 0.29) is 18.1 Å². The van der Waals surface area contributed by atoms with Gasteiger partial charge in [-0.15, -0.1) is 0 Å². The highest BCUT2D eigenvalue weighted by Gasteiger charge is 2.30. The molecule has 104 valence electrons. The van der Waals surface area contributed by atoms with Crippen LogP contribution in [-0.4, -0.2) is 24.7 Å². The van der Waals surface area contributed by atoms with Gasteiger partial charge in [-0.05, 0) is 50.5 Å². The summed E-state index contributed by atoms with van der Waals surface area (Å²) < 4.78 is 5.68. The first-order valence-electron chi connectivity index (χ1n) is 7.51. The summed E-state index contributed by atoms with van der Waals surface area (Å²) in [6.07, 6.45) is 9.07. The minimum Gasteiger partial charge on any atom is -0.461 e. The molecule has 2 rings (SSSR count). The van der Waals surface area contributed by atoms with Crippen molar-refractivity contribution in [3.8, 4) is 0 Å². The van der Waals surface area contributed by atoms with Crippen molar-refractivity contribution in [1.29, 1.82) is 0 Å². The molecule has 1 unspecified atom stereocenters. The van der Waals surface area contributed by atoms with Crippen molar-refractivity contribution in [2.24, 2.45) is 5.41 Å². The number of nitrogens with one attached hydrogen (secondary N) is 1. The average molecular weight is 253 g/mol. The Labute approximate surface area is 111 Å². The summed E-state index contributed by atoms with van der Waals surface area (Å²) in [7, 11) is 0. The van der Waals surface area contributed by atoms with Gasteiger partial charge in [-0.3, -0.25) is 4.79 Å². The first kappa shape index (κ1) is 13.9. The molecule has 1 saturated carbocycles. The molecule has 1 saturated heterocycles. The monoisotopic (exact) mass is 253 g/mol. The number of carbonyl (C=O) groups is 1. The van der Waals surface area contributed by atoms with Crippen LogP contribution in [0.15, 0.2) is 0 Å². The third-order valence-electron chi connectivity index (χ3n) is 4.41. The summed E-state index contributed by atoms with van der Waals surface area (Å²) in [5.74, 6) is -0.0124. The first-order chi connectivity index (χ1) is 8.57. The van der Waals surface area contributed by atoms with Crippen molar-refractivity contribution in [3.05, 3.63) is 0 Å². The van der Waals surface area contributed by atoms with E-state index < -0.39 is 0 Å². The molecule has 2 fully saturated rings. The van der Waals surface area contributed by atoms with Crippen LogP contribution in [0.3, 0.4) is 0 Å². The second-order valence-corrected chi connectivity index (χ2v) is 6.66. The van der Waals surface area contributed by atoms with Gasteiger partial charge < -0.3 is 10.1 Å². The standard InChI is InChI=1S/C15H27NO2/c1-15(2)9-7-12(8-10-15)18-14(17)13-6-4-3-5-11-16-13/h12-13,16H,3-11H2,1-2H3. The molecule has 0 aromatic heterocycles. The molecule has 1 aliphatic heterocycles. The van der Waals surface area contributed by atoms with E-state index in [0.717, 1.165) is 32.2 Å². The molecule has 0 aromatic carbocycles. The van der Waals surface area contributed by atoms with Crippen molar-refractivity contribution >= 4 is 5.97 Å². The zero-order valence-corrected chi connectivity index (χ0v) is 11.8. The molecule has 1 N–H and O–H groups in total. The van der Waals surface area contributed by atoms with E-state index in [0.29, 0.717) is 5.41 Å². The number of esters is 1. The third kappa shape index (κ3) is 3.98. The van der Waals surface area contributed by atoms with Crippen LogP contribution in [-0.2, 0) is 9.53 Å². The minimum absolute atomic E-state index is 0.0124. The Morgan fingerprint density at radius 2 is 1.83 bits per heavy atom. The lowest BCUT2D eigenvalue weighted by Crippen LogP contribution is -2.40. The molecule has 0 radical (unpaired) electrons. The van der Waals surface area contributed by atoms with Gasteiger partial charge in [0.1, 0.15) is 12.1 Å². The van der Waals surface area contributed by atoms with Crippen molar-refractivity contribution in [1.82, 2.24) is 5.32 Å². The van der Waals surface area contributed by atoms with Crippen LogP contribution in [0.2, 0.25) is 0 Å². The molecular weight excluding hydrogens is 226 g/mol. The Morgan fingerprint density at radius 1 is 1.11 bits per heavy atom. The molecule has 0 aromatic rings. The van der Waals surface area contributed by atoms with E-state index in [9.17, 15) is 4.79 Å². The van der Waals surface area contributed by atoms with E-state index in [1.54, 1.807) is 0 Å². The normalized spacial score (nSPS) is 29.6. The zero-order valence-electron chi connectivity index (χ0n) is 11.8. The summed E-state index contributed by atoms with van der Waals surface area (Å²) in [4.78, 5) is 12.1. The molecule has 18 heavy (non-hydrogen) atoms. The van der Waals surface area contributed by atoms with Crippen LogP contribution < -0.4 is 5.32 Å². The van der Waals surface area contributed by atoms with Crippen LogP contribution >= 0.6 is 0 Å². The predicted molar refractivity (Wildman–Crippen MR) is 72.4 cm³/mol. The maximum atomic E-state index is 12.1. The highest BCUT2D eigenvalue weighted by Crippen LogP contribution is 2.36. The van der Waals surface area contributed by atoms with Gasteiger partial charge in [0, 0.05) is 0 Å².